The van der Waals surface area contributed by atoms with Gasteiger partial charge >= 0.3 is 0 Å². The van der Waals surface area contributed by atoms with Gasteiger partial charge in [-0.2, -0.15) is 0 Å². The van der Waals surface area contributed by atoms with Gasteiger partial charge in [-0.1, -0.05) is 0 Å². The van der Waals surface area contributed by atoms with E-state index in [2.05, 4.69) is 9.97 Å². The predicted molar refractivity (Wildman–Crippen MR) is 113 cm³/mol. The number of halogens is 4. The van der Waals surface area contributed by atoms with Gasteiger partial charge in [-0.25, -0.2) is 27.5 Å². The summed E-state index contributed by atoms with van der Waals surface area (Å²) in [4.78, 5) is 22.2. The molecule has 1 aromatic carbocycles. The van der Waals surface area contributed by atoms with E-state index in [-0.39, 0.29) is 53.2 Å². The highest BCUT2D eigenvalue weighted by Crippen LogP contribution is 2.48. The van der Waals surface area contributed by atoms with Crippen LogP contribution in [-0.2, 0) is 4.74 Å². The quantitative estimate of drug-likeness (QED) is 0.518. The Bertz CT molecular complexity index is 1300. The molecule has 5 nitrogen and oxygen atoms in total. The van der Waals surface area contributed by atoms with E-state index in [0.717, 1.165) is 12.1 Å². The van der Waals surface area contributed by atoms with Crippen molar-refractivity contribution in [2.75, 3.05) is 6.61 Å². The molecule has 1 saturated heterocycles. The zero-order valence-electron chi connectivity index (χ0n) is 18.2. The second kappa shape index (κ2) is 7.90. The molecule has 0 radical (unpaired) electrons. The Balaban J connectivity index is 1.62. The third kappa shape index (κ3) is 3.92. The number of fused-ring (bicyclic) bond motifs is 1. The number of hydrogen-bond donors (Lipinski definition) is 0. The van der Waals surface area contributed by atoms with Crippen LogP contribution in [-0.4, -0.2) is 33.0 Å². The summed E-state index contributed by atoms with van der Waals surface area (Å²) < 4.78 is 62.2. The maximum Gasteiger partial charge on any atom is 0.261 e. The SMILES string of the molecule is Cc1nc2c(-c3ccc(F)cc3F)nc([C@H]3CCO[C@@H](C4CC(F)(F)C4)C3)cn2c(=O)c1C. The number of rotatable bonds is 3. The molecule has 0 amide bonds. The van der Waals surface area contributed by atoms with Crippen LogP contribution in [0.1, 0.15) is 48.6 Å². The van der Waals surface area contributed by atoms with E-state index in [4.69, 9.17) is 4.74 Å². The van der Waals surface area contributed by atoms with Crippen molar-refractivity contribution in [2.24, 2.45) is 5.92 Å². The average molecular weight is 461 g/mol. The van der Waals surface area contributed by atoms with Crippen LogP contribution in [0.25, 0.3) is 16.9 Å². The van der Waals surface area contributed by atoms with E-state index < -0.39 is 17.6 Å². The van der Waals surface area contributed by atoms with Crippen LogP contribution in [0.4, 0.5) is 17.6 Å². The summed E-state index contributed by atoms with van der Waals surface area (Å²) in [6.07, 6.45) is 1.98. The van der Waals surface area contributed by atoms with Crippen molar-refractivity contribution in [3.8, 4) is 11.3 Å². The maximum atomic E-state index is 14.7. The molecule has 5 rings (SSSR count). The van der Waals surface area contributed by atoms with Crippen LogP contribution in [0, 0.1) is 31.4 Å². The largest absolute Gasteiger partial charge is 0.378 e. The topological polar surface area (TPSA) is 56.5 Å². The first-order chi connectivity index (χ1) is 15.6. The summed E-state index contributed by atoms with van der Waals surface area (Å²) in [6.45, 7) is 3.74. The highest BCUT2D eigenvalue weighted by atomic mass is 19.3. The number of aromatic nitrogens is 3. The second-order valence-electron chi connectivity index (χ2n) is 9.11. The van der Waals surface area contributed by atoms with Gasteiger partial charge in [-0.3, -0.25) is 9.20 Å². The Morgan fingerprint density at radius 1 is 1.15 bits per heavy atom. The minimum atomic E-state index is -2.64. The zero-order valence-corrected chi connectivity index (χ0v) is 18.2. The molecular weight excluding hydrogens is 438 g/mol. The van der Waals surface area contributed by atoms with Crippen LogP contribution < -0.4 is 5.56 Å². The molecule has 9 heteroatoms. The van der Waals surface area contributed by atoms with E-state index in [1.54, 1.807) is 20.0 Å². The molecule has 3 heterocycles. The first-order valence-electron chi connectivity index (χ1n) is 11.0. The van der Waals surface area contributed by atoms with Gasteiger partial charge in [-0.15, -0.1) is 0 Å². The molecule has 0 unspecified atom stereocenters. The second-order valence-corrected chi connectivity index (χ2v) is 9.11. The van der Waals surface area contributed by atoms with Crippen molar-refractivity contribution in [1.82, 2.24) is 14.4 Å². The first kappa shape index (κ1) is 22.0. The molecule has 1 saturated carbocycles. The first-order valence-corrected chi connectivity index (χ1v) is 11.0. The van der Waals surface area contributed by atoms with Crippen LogP contribution in [0.15, 0.2) is 29.2 Å². The van der Waals surface area contributed by atoms with Crippen LogP contribution in [0.2, 0.25) is 0 Å². The standard InChI is InChI=1S/C24H23F4N3O2/c1-12-13(2)29-22-21(17-4-3-16(25)8-18(17)26)30-19(11-31(22)23(12)32)14-5-6-33-20(7-14)15-9-24(27,28)10-15/h3-4,8,11,14-15,20H,5-7,9-10H2,1-2H3/t14-,20+/m0/s1. The fraction of sp³-hybridized carbons (Fsp3) is 0.458. The molecule has 0 bridgehead atoms. The molecule has 174 valence electrons. The Morgan fingerprint density at radius 2 is 1.91 bits per heavy atom. The third-order valence-corrected chi connectivity index (χ3v) is 6.87. The average Bonchev–Trinajstić information content (AvgIpc) is 2.76. The lowest BCUT2D eigenvalue weighted by Crippen LogP contribution is -2.45. The Hall–Kier alpha value is -2.81. The van der Waals surface area contributed by atoms with Gasteiger partial charge in [0.1, 0.15) is 17.3 Å². The third-order valence-electron chi connectivity index (χ3n) is 6.87. The van der Waals surface area contributed by atoms with E-state index in [9.17, 15) is 22.4 Å². The molecule has 33 heavy (non-hydrogen) atoms. The minimum absolute atomic E-state index is 0.0353. The maximum absolute atomic E-state index is 14.7. The number of alkyl halides is 2. The van der Waals surface area contributed by atoms with Gasteiger partial charge < -0.3 is 4.74 Å². The van der Waals surface area contributed by atoms with Crippen molar-refractivity contribution < 1.29 is 22.3 Å². The Labute approximate surface area is 187 Å². The highest BCUT2D eigenvalue weighted by Gasteiger charge is 2.49. The highest BCUT2D eigenvalue weighted by molar-refractivity contribution is 5.74. The molecule has 2 aromatic heterocycles. The fourth-order valence-electron chi connectivity index (χ4n) is 4.81. The summed E-state index contributed by atoms with van der Waals surface area (Å²) in [7, 11) is 0. The van der Waals surface area contributed by atoms with E-state index in [1.165, 1.54) is 10.5 Å². The fourth-order valence-corrected chi connectivity index (χ4v) is 4.81. The summed E-state index contributed by atoms with van der Waals surface area (Å²) in [5.41, 5.74) is 1.54. The van der Waals surface area contributed by atoms with E-state index >= 15 is 0 Å². The number of aryl methyl sites for hydroxylation is 1. The monoisotopic (exact) mass is 461 g/mol. The van der Waals surface area contributed by atoms with Gasteiger partial charge in [0.2, 0.25) is 5.92 Å². The van der Waals surface area contributed by atoms with Crippen molar-refractivity contribution in [3.05, 3.63) is 63.3 Å². The van der Waals surface area contributed by atoms with Gasteiger partial charge in [0.25, 0.3) is 5.56 Å². The molecular formula is C24H23F4N3O2. The summed E-state index contributed by atoms with van der Waals surface area (Å²) in [5, 5.41) is 0. The Morgan fingerprint density at radius 3 is 2.61 bits per heavy atom. The van der Waals surface area contributed by atoms with Crippen molar-refractivity contribution in [2.45, 2.75) is 57.5 Å². The summed E-state index contributed by atoms with van der Waals surface area (Å²) in [6, 6.07) is 3.17. The molecule has 0 spiro atoms. The van der Waals surface area contributed by atoms with Crippen LogP contribution >= 0.6 is 0 Å². The minimum Gasteiger partial charge on any atom is -0.378 e. The van der Waals surface area contributed by atoms with Crippen molar-refractivity contribution in [1.29, 1.82) is 0 Å². The van der Waals surface area contributed by atoms with Gasteiger partial charge in [0.15, 0.2) is 5.65 Å². The lowest BCUT2D eigenvalue weighted by Gasteiger charge is -2.42. The number of hydrogen-bond acceptors (Lipinski definition) is 4. The van der Waals surface area contributed by atoms with Crippen molar-refractivity contribution in [3.63, 3.8) is 0 Å². The predicted octanol–water partition coefficient (Wildman–Crippen LogP) is 4.96. The molecule has 3 aromatic rings. The zero-order chi connectivity index (χ0) is 23.5. The number of ether oxygens (including phenoxy) is 1. The van der Waals surface area contributed by atoms with Crippen molar-refractivity contribution >= 4 is 5.65 Å². The van der Waals surface area contributed by atoms with E-state index in [1.807, 2.05) is 0 Å². The van der Waals surface area contributed by atoms with Crippen LogP contribution in [0.3, 0.4) is 0 Å². The number of benzene rings is 1. The van der Waals surface area contributed by atoms with Gasteiger partial charge in [0.05, 0.1) is 11.8 Å². The summed E-state index contributed by atoms with van der Waals surface area (Å²) >= 11 is 0. The normalized spacial score (nSPS) is 23.0. The molecule has 2 fully saturated rings. The van der Waals surface area contributed by atoms with Crippen LogP contribution in [0.5, 0.6) is 0 Å². The van der Waals surface area contributed by atoms with Gasteiger partial charge in [0, 0.05) is 54.5 Å². The molecule has 0 N–H and O–H groups in total. The smallest absolute Gasteiger partial charge is 0.261 e. The van der Waals surface area contributed by atoms with E-state index in [0.29, 0.717) is 36.4 Å². The molecule has 2 atom stereocenters. The molecule has 1 aliphatic heterocycles. The number of nitrogens with zero attached hydrogens (tertiary/aromatic N) is 3. The lowest BCUT2D eigenvalue weighted by molar-refractivity contribution is -0.162. The Kier molecular flexibility index (Phi) is 5.27. The lowest BCUT2D eigenvalue weighted by atomic mass is 9.74. The molecule has 1 aliphatic carbocycles. The summed E-state index contributed by atoms with van der Waals surface area (Å²) in [5.74, 6) is -4.54. The molecule has 2 aliphatic rings. The van der Waals surface area contributed by atoms with Gasteiger partial charge in [-0.05, 0) is 44.7 Å².